The van der Waals surface area contributed by atoms with Crippen molar-refractivity contribution < 1.29 is 27.9 Å². The van der Waals surface area contributed by atoms with Crippen LogP contribution in [0.5, 0.6) is 0 Å². The second-order valence-corrected chi connectivity index (χ2v) is 7.51. The highest BCUT2D eigenvalue weighted by atomic mass is 32.1. The van der Waals surface area contributed by atoms with Crippen LogP contribution in [0.4, 0.5) is 13.2 Å². The van der Waals surface area contributed by atoms with E-state index in [-0.39, 0.29) is 17.7 Å². The lowest BCUT2D eigenvalue weighted by Gasteiger charge is -2.27. The van der Waals surface area contributed by atoms with Crippen LogP contribution in [0.1, 0.15) is 42.7 Å². The van der Waals surface area contributed by atoms with Gasteiger partial charge in [-0.05, 0) is 6.42 Å². The number of carbonyl (C=O) groups excluding carboxylic acids is 1. The number of carboxylic acids is 1. The zero-order valence-corrected chi connectivity index (χ0v) is 13.7. The Kier molecular flexibility index (Phi) is 4.21. The minimum absolute atomic E-state index is 0.0586. The number of likely N-dealkylation sites (tertiary alicyclic amines) is 1. The van der Waals surface area contributed by atoms with Crippen LogP contribution in [0, 0.1) is 5.41 Å². The van der Waals surface area contributed by atoms with E-state index in [0.717, 1.165) is 4.90 Å². The van der Waals surface area contributed by atoms with Crippen molar-refractivity contribution in [1.82, 2.24) is 9.88 Å². The van der Waals surface area contributed by atoms with Crippen LogP contribution < -0.4 is 0 Å². The molecule has 5 nitrogen and oxygen atoms in total. The summed E-state index contributed by atoms with van der Waals surface area (Å²) in [6.45, 7) is 4.60. The summed E-state index contributed by atoms with van der Waals surface area (Å²) in [6, 6.07) is 0. The molecular formula is C14H17F3N2O3S. The SMILES string of the molecule is CC(C)(C)c1nc(C(=O)N2CCC(C(=O)O)(C(F)(F)F)C2)cs1. The second kappa shape index (κ2) is 5.47. The van der Waals surface area contributed by atoms with Crippen LogP contribution >= 0.6 is 11.3 Å². The van der Waals surface area contributed by atoms with Crippen molar-refractivity contribution in [1.29, 1.82) is 0 Å². The van der Waals surface area contributed by atoms with Gasteiger partial charge in [-0.15, -0.1) is 11.3 Å². The van der Waals surface area contributed by atoms with Crippen molar-refractivity contribution >= 4 is 23.2 Å². The summed E-state index contributed by atoms with van der Waals surface area (Å²) in [5, 5.41) is 11.2. The predicted octanol–water partition coefficient (Wildman–Crippen LogP) is 2.92. The Bertz CT molecular complexity index is 636. The Morgan fingerprint density at radius 1 is 1.35 bits per heavy atom. The van der Waals surface area contributed by atoms with E-state index in [9.17, 15) is 22.8 Å². The molecule has 0 saturated carbocycles. The summed E-state index contributed by atoms with van der Waals surface area (Å²) < 4.78 is 39.4. The van der Waals surface area contributed by atoms with E-state index in [1.165, 1.54) is 16.7 Å². The number of hydrogen-bond donors (Lipinski definition) is 1. The maximum atomic E-state index is 13.1. The number of thiazole rings is 1. The summed E-state index contributed by atoms with van der Waals surface area (Å²) in [7, 11) is 0. The fourth-order valence-corrected chi connectivity index (χ4v) is 3.27. The van der Waals surface area contributed by atoms with Crippen molar-refractivity contribution in [3.8, 4) is 0 Å². The number of hydrogen-bond acceptors (Lipinski definition) is 4. The Labute approximate surface area is 135 Å². The number of halogens is 3. The van der Waals surface area contributed by atoms with Gasteiger partial charge in [-0.3, -0.25) is 9.59 Å². The highest BCUT2D eigenvalue weighted by molar-refractivity contribution is 7.10. The third-order valence-electron chi connectivity index (χ3n) is 3.87. The molecule has 9 heteroatoms. The summed E-state index contributed by atoms with van der Waals surface area (Å²) in [6.07, 6.45) is -5.56. The van der Waals surface area contributed by atoms with E-state index in [1.54, 1.807) is 0 Å². The molecule has 0 radical (unpaired) electrons. The van der Waals surface area contributed by atoms with Gasteiger partial charge < -0.3 is 10.0 Å². The number of alkyl halides is 3. The fraction of sp³-hybridized carbons (Fsp3) is 0.643. The van der Waals surface area contributed by atoms with Crippen LogP contribution in [0.3, 0.4) is 0 Å². The van der Waals surface area contributed by atoms with Gasteiger partial charge in [0.25, 0.3) is 5.91 Å². The molecule has 0 aromatic carbocycles. The maximum absolute atomic E-state index is 13.1. The number of aromatic nitrogens is 1. The van der Waals surface area contributed by atoms with E-state index in [0.29, 0.717) is 5.01 Å². The third kappa shape index (κ3) is 3.06. The van der Waals surface area contributed by atoms with Gasteiger partial charge in [-0.25, -0.2) is 4.98 Å². The van der Waals surface area contributed by atoms with Gasteiger partial charge in [-0.1, -0.05) is 20.8 Å². The van der Waals surface area contributed by atoms with E-state index < -0.39 is 36.4 Å². The lowest BCUT2D eigenvalue weighted by atomic mass is 9.86. The van der Waals surface area contributed by atoms with Gasteiger partial charge in [-0.2, -0.15) is 13.2 Å². The Hall–Kier alpha value is -1.64. The molecule has 1 aromatic heterocycles. The van der Waals surface area contributed by atoms with Crippen molar-refractivity contribution in [2.24, 2.45) is 5.41 Å². The average Bonchev–Trinajstić information content (AvgIpc) is 3.04. The van der Waals surface area contributed by atoms with Crippen LogP contribution in [-0.4, -0.2) is 46.1 Å². The molecular weight excluding hydrogens is 333 g/mol. The molecule has 1 unspecified atom stereocenters. The lowest BCUT2D eigenvalue weighted by Crippen LogP contribution is -2.47. The largest absolute Gasteiger partial charge is 0.481 e. The van der Waals surface area contributed by atoms with Gasteiger partial charge in [0.1, 0.15) is 5.69 Å². The summed E-state index contributed by atoms with van der Waals surface area (Å²) in [5.41, 5.74) is -3.11. The molecule has 0 bridgehead atoms. The van der Waals surface area contributed by atoms with Gasteiger partial charge in [0.15, 0.2) is 5.41 Å². The van der Waals surface area contributed by atoms with Gasteiger partial charge >= 0.3 is 12.1 Å². The monoisotopic (exact) mass is 350 g/mol. The molecule has 1 saturated heterocycles. The molecule has 1 N–H and O–H groups in total. The van der Waals surface area contributed by atoms with Crippen molar-refractivity contribution in [3.05, 3.63) is 16.1 Å². The van der Waals surface area contributed by atoms with Gasteiger partial charge in [0, 0.05) is 23.9 Å². The molecule has 128 valence electrons. The third-order valence-corrected chi connectivity index (χ3v) is 5.14. The Balaban J connectivity index is 2.23. The molecule has 0 spiro atoms. The first-order chi connectivity index (χ1) is 10.4. The molecule has 1 fully saturated rings. The smallest absolute Gasteiger partial charge is 0.406 e. The van der Waals surface area contributed by atoms with E-state index >= 15 is 0 Å². The highest BCUT2D eigenvalue weighted by Crippen LogP contribution is 2.46. The molecule has 1 atom stereocenters. The first kappa shape index (κ1) is 17.7. The minimum Gasteiger partial charge on any atom is -0.481 e. The normalized spacial score (nSPS) is 22.4. The number of rotatable bonds is 2. The second-order valence-electron chi connectivity index (χ2n) is 6.65. The number of carboxylic acid groups (broad SMARTS) is 1. The molecule has 2 rings (SSSR count). The standard InChI is InChI=1S/C14H17F3N2O3S/c1-12(2,3)10-18-8(6-23-10)9(20)19-5-4-13(7-19,11(21)22)14(15,16)17/h6H,4-5,7H2,1-3H3,(H,21,22). The number of nitrogens with zero attached hydrogens (tertiary/aromatic N) is 2. The van der Waals surface area contributed by atoms with E-state index in [2.05, 4.69) is 4.98 Å². The molecule has 1 aromatic rings. The molecule has 1 aliphatic rings. The van der Waals surface area contributed by atoms with Gasteiger partial charge in [0.2, 0.25) is 0 Å². The molecule has 0 aliphatic carbocycles. The molecule has 2 heterocycles. The minimum atomic E-state index is -4.91. The quantitative estimate of drug-likeness (QED) is 0.890. The first-order valence-electron chi connectivity index (χ1n) is 6.94. The Morgan fingerprint density at radius 3 is 2.35 bits per heavy atom. The van der Waals surface area contributed by atoms with Crippen molar-refractivity contribution in [3.63, 3.8) is 0 Å². The summed E-state index contributed by atoms with van der Waals surface area (Å²) in [5.74, 6) is -2.61. The Morgan fingerprint density at radius 2 is 1.96 bits per heavy atom. The van der Waals surface area contributed by atoms with Crippen LogP contribution in [0.2, 0.25) is 0 Å². The van der Waals surface area contributed by atoms with Crippen LogP contribution in [-0.2, 0) is 10.2 Å². The van der Waals surface area contributed by atoms with E-state index in [4.69, 9.17) is 5.11 Å². The average molecular weight is 350 g/mol. The lowest BCUT2D eigenvalue weighted by molar-refractivity contribution is -0.227. The number of carbonyl (C=O) groups is 2. The zero-order valence-electron chi connectivity index (χ0n) is 12.9. The van der Waals surface area contributed by atoms with Crippen LogP contribution in [0.15, 0.2) is 5.38 Å². The zero-order chi connectivity index (χ0) is 17.6. The topological polar surface area (TPSA) is 70.5 Å². The summed E-state index contributed by atoms with van der Waals surface area (Å²) >= 11 is 1.26. The van der Waals surface area contributed by atoms with Crippen molar-refractivity contribution in [2.45, 2.75) is 38.8 Å². The molecule has 1 aliphatic heterocycles. The maximum Gasteiger partial charge on any atom is 0.406 e. The predicted molar refractivity (Wildman–Crippen MR) is 77.5 cm³/mol. The van der Waals surface area contributed by atoms with E-state index in [1.807, 2.05) is 20.8 Å². The first-order valence-corrected chi connectivity index (χ1v) is 7.82. The number of amides is 1. The van der Waals surface area contributed by atoms with Crippen molar-refractivity contribution in [2.75, 3.05) is 13.1 Å². The summed E-state index contributed by atoms with van der Waals surface area (Å²) in [4.78, 5) is 28.6. The highest BCUT2D eigenvalue weighted by Gasteiger charge is 2.64. The molecule has 1 amide bonds. The van der Waals surface area contributed by atoms with Crippen LogP contribution in [0.25, 0.3) is 0 Å². The molecule has 23 heavy (non-hydrogen) atoms. The fourth-order valence-electron chi connectivity index (χ4n) is 2.39. The number of aliphatic carboxylic acids is 1. The van der Waals surface area contributed by atoms with Gasteiger partial charge in [0.05, 0.1) is 5.01 Å².